The molecule has 0 radical (unpaired) electrons. The zero-order chi connectivity index (χ0) is 15.2. The van der Waals surface area contributed by atoms with Crippen molar-refractivity contribution < 1.29 is 14.9 Å². The Morgan fingerprint density at radius 1 is 1.33 bits per heavy atom. The van der Waals surface area contributed by atoms with Gasteiger partial charge in [0.2, 0.25) is 0 Å². The Kier molecular flexibility index (Phi) is 5.85. The van der Waals surface area contributed by atoms with Crippen molar-refractivity contribution in [1.29, 1.82) is 0 Å². The molecule has 1 saturated heterocycles. The van der Waals surface area contributed by atoms with Gasteiger partial charge in [0.1, 0.15) is 11.5 Å². The van der Waals surface area contributed by atoms with Crippen LogP contribution in [0.5, 0.6) is 11.5 Å². The maximum atomic E-state index is 9.96. The van der Waals surface area contributed by atoms with E-state index in [1.165, 1.54) is 6.07 Å². The highest BCUT2D eigenvalue weighted by atomic mass is 16.5. The van der Waals surface area contributed by atoms with Crippen molar-refractivity contribution in [1.82, 2.24) is 4.90 Å². The number of ether oxygens (including phenoxy) is 1. The molecule has 1 fully saturated rings. The Balaban J connectivity index is 1.86. The molecule has 0 spiro atoms. The van der Waals surface area contributed by atoms with Gasteiger partial charge in [0.25, 0.3) is 0 Å². The van der Waals surface area contributed by atoms with Gasteiger partial charge in [0.05, 0.1) is 6.10 Å². The second-order valence-corrected chi connectivity index (χ2v) is 5.67. The van der Waals surface area contributed by atoms with Crippen LogP contribution in [0.1, 0.15) is 37.8 Å². The molecule has 5 nitrogen and oxygen atoms in total. The molecule has 1 atom stereocenters. The highest BCUT2D eigenvalue weighted by Gasteiger charge is 2.25. The lowest BCUT2D eigenvalue weighted by molar-refractivity contribution is -0.000916. The van der Waals surface area contributed by atoms with E-state index in [9.17, 15) is 10.2 Å². The average molecular weight is 294 g/mol. The van der Waals surface area contributed by atoms with Gasteiger partial charge in [-0.2, -0.15) is 0 Å². The van der Waals surface area contributed by atoms with Crippen LogP contribution in [0, 0.1) is 0 Å². The Morgan fingerprint density at radius 2 is 2.05 bits per heavy atom. The van der Waals surface area contributed by atoms with E-state index in [4.69, 9.17) is 10.5 Å². The number of rotatable bonds is 6. The van der Waals surface area contributed by atoms with E-state index in [0.29, 0.717) is 12.6 Å². The van der Waals surface area contributed by atoms with Gasteiger partial charge in [-0.05, 0) is 38.8 Å². The van der Waals surface area contributed by atoms with Gasteiger partial charge in [-0.1, -0.05) is 6.07 Å². The van der Waals surface area contributed by atoms with Crippen LogP contribution >= 0.6 is 0 Å². The zero-order valence-electron chi connectivity index (χ0n) is 12.7. The standard InChI is InChI=1S/C16H26N2O3/c1-12(15-4-3-13(19)11-16(15)20)18-8-5-14(6-9-18)21-10-2-7-17/h3-4,11-12,14,19-20H,2,5-10,17H2,1H3. The minimum atomic E-state index is 0.0930. The highest BCUT2D eigenvalue weighted by molar-refractivity contribution is 5.40. The topological polar surface area (TPSA) is 79.0 Å². The van der Waals surface area contributed by atoms with Crippen LogP contribution in [0.4, 0.5) is 0 Å². The fourth-order valence-electron chi connectivity index (χ4n) is 2.85. The minimum Gasteiger partial charge on any atom is -0.508 e. The first-order valence-corrected chi connectivity index (χ1v) is 7.69. The van der Waals surface area contributed by atoms with E-state index >= 15 is 0 Å². The first kappa shape index (κ1) is 16.1. The molecule has 21 heavy (non-hydrogen) atoms. The normalized spacial score (nSPS) is 18.8. The number of likely N-dealkylation sites (tertiary alicyclic amines) is 1. The molecule has 0 aliphatic carbocycles. The summed E-state index contributed by atoms with van der Waals surface area (Å²) < 4.78 is 5.81. The largest absolute Gasteiger partial charge is 0.508 e. The molecule has 1 aromatic rings. The molecule has 118 valence electrons. The van der Waals surface area contributed by atoms with E-state index in [0.717, 1.165) is 44.5 Å². The van der Waals surface area contributed by atoms with Crippen LogP contribution in [-0.2, 0) is 4.74 Å². The second kappa shape index (κ2) is 7.64. The van der Waals surface area contributed by atoms with Gasteiger partial charge in [0.15, 0.2) is 0 Å². The number of phenolic OH excluding ortho intramolecular Hbond substituents is 2. The van der Waals surface area contributed by atoms with Gasteiger partial charge in [-0.15, -0.1) is 0 Å². The molecule has 1 unspecified atom stereocenters. The molecule has 0 amide bonds. The van der Waals surface area contributed by atoms with E-state index in [-0.39, 0.29) is 17.5 Å². The van der Waals surface area contributed by atoms with Crippen molar-refractivity contribution in [3.63, 3.8) is 0 Å². The second-order valence-electron chi connectivity index (χ2n) is 5.67. The number of aromatic hydroxyl groups is 2. The molecular formula is C16H26N2O3. The highest BCUT2D eigenvalue weighted by Crippen LogP contribution is 2.32. The third kappa shape index (κ3) is 4.33. The third-order valence-corrected chi connectivity index (χ3v) is 4.19. The quantitative estimate of drug-likeness (QED) is 0.699. The molecule has 1 aliphatic heterocycles. The summed E-state index contributed by atoms with van der Waals surface area (Å²) in [7, 11) is 0. The van der Waals surface area contributed by atoms with Crippen LogP contribution in [0.25, 0.3) is 0 Å². The van der Waals surface area contributed by atoms with E-state index in [2.05, 4.69) is 11.8 Å². The van der Waals surface area contributed by atoms with Gasteiger partial charge in [-0.3, -0.25) is 4.90 Å². The third-order valence-electron chi connectivity index (χ3n) is 4.19. The minimum absolute atomic E-state index is 0.0930. The van der Waals surface area contributed by atoms with Crippen molar-refractivity contribution in [2.75, 3.05) is 26.2 Å². The Hall–Kier alpha value is -1.30. The number of piperidine rings is 1. The summed E-state index contributed by atoms with van der Waals surface area (Å²) in [5, 5.41) is 19.3. The van der Waals surface area contributed by atoms with Crippen molar-refractivity contribution in [3.8, 4) is 11.5 Å². The molecule has 1 aromatic carbocycles. The Labute approximate surface area is 126 Å². The molecule has 0 saturated carbocycles. The number of hydrogen-bond donors (Lipinski definition) is 3. The maximum Gasteiger partial charge on any atom is 0.124 e. The molecule has 4 N–H and O–H groups in total. The van der Waals surface area contributed by atoms with Crippen LogP contribution in [-0.4, -0.2) is 47.5 Å². The zero-order valence-corrected chi connectivity index (χ0v) is 12.7. The average Bonchev–Trinajstić information content (AvgIpc) is 2.48. The van der Waals surface area contributed by atoms with Crippen molar-refractivity contribution in [2.45, 2.75) is 38.3 Å². The van der Waals surface area contributed by atoms with Gasteiger partial charge in [0, 0.05) is 37.4 Å². The van der Waals surface area contributed by atoms with E-state index in [1.807, 2.05) is 0 Å². The van der Waals surface area contributed by atoms with Gasteiger partial charge in [-0.25, -0.2) is 0 Å². The van der Waals surface area contributed by atoms with Gasteiger partial charge < -0.3 is 20.7 Å². The van der Waals surface area contributed by atoms with Crippen molar-refractivity contribution >= 4 is 0 Å². The Bertz CT molecular complexity index is 445. The summed E-state index contributed by atoms with van der Waals surface area (Å²) in [6.45, 7) is 5.41. The summed E-state index contributed by atoms with van der Waals surface area (Å²) in [6, 6.07) is 4.94. The fourth-order valence-corrected chi connectivity index (χ4v) is 2.85. The summed E-state index contributed by atoms with van der Waals surface area (Å²) in [4.78, 5) is 2.34. The van der Waals surface area contributed by atoms with Crippen molar-refractivity contribution in [2.24, 2.45) is 5.73 Å². The molecule has 0 bridgehead atoms. The van der Waals surface area contributed by atoms with Crippen LogP contribution in [0.3, 0.4) is 0 Å². The molecular weight excluding hydrogens is 268 g/mol. The number of hydrogen-bond acceptors (Lipinski definition) is 5. The summed E-state index contributed by atoms with van der Waals surface area (Å²) >= 11 is 0. The molecule has 0 aromatic heterocycles. The first-order chi connectivity index (χ1) is 10.1. The van der Waals surface area contributed by atoms with Crippen LogP contribution in [0.15, 0.2) is 18.2 Å². The predicted molar refractivity (Wildman–Crippen MR) is 82.4 cm³/mol. The van der Waals surface area contributed by atoms with Crippen LogP contribution in [0.2, 0.25) is 0 Å². The molecule has 1 aliphatic rings. The van der Waals surface area contributed by atoms with Crippen LogP contribution < -0.4 is 5.73 Å². The first-order valence-electron chi connectivity index (χ1n) is 7.69. The lowest BCUT2D eigenvalue weighted by Gasteiger charge is -2.36. The fraction of sp³-hybridized carbons (Fsp3) is 0.625. The van der Waals surface area contributed by atoms with Gasteiger partial charge >= 0.3 is 0 Å². The number of benzene rings is 1. The monoisotopic (exact) mass is 294 g/mol. The summed E-state index contributed by atoms with van der Waals surface area (Å²) in [6.07, 6.45) is 3.26. The lowest BCUT2D eigenvalue weighted by Crippen LogP contribution is -2.38. The number of nitrogens with two attached hydrogens (primary N) is 1. The smallest absolute Gasteiger partial charge is 0.124 e. The van der Waals surface area contributed by atoms with Crippen molar-refractivity contribution in [3.05, 3.63) is 23.8 Å². The summed E-state index contributed by atoms with van der Waals surface area (Å²) in [5.41, 5.74) is 6.32. The Morgan fingerprint density at radius 3 is 2.67 bits per heavy atom. The molecule has 1 heterocycles. The molecule has 5 heteroatoms. The lowest BCUT2D eigenvalue weighted by atomic mass is 10.0. The summed E-state index contributed by atoms with van der Waals surface area (Å²) in [5.74, 6) is 0.249. The molecule has 2 rings (SSSR count). The maximum absolute atomic E-state index is 9.96. The SMILES string of the molecule is CC(c1ccc(O)cc1O)N1CCC(OCCCN)CC1. The predicted octanol–water partition coefficient (Wildman–Crippen LogP) is 1.99. The number of nitrogens with zero attached hydrogens (tertiary/aromatic N) is 1. The van der Waals surface area contributed by atoms with E-state index < -0.39 is 0 Å². The van der Waals surface area contributed by atoms with E-state index in [1.54, 1.807) is 12.1 Å². The number of phenols is 2.